The molecule has 1 atom stereocenters. The topological polar surface area (TPSA) is 65.7 Å². The molecule has 1 aliphatic heterocycles. The van der Waals surface area contributed by atoms with Gasteiger partial charge in [0.15, 0.2) is 0 Å². The molecule has 1 aromatic carbocycles. The van der Waals surface area contributed by atoms with E-state index in [1.54, 1.807) is 4.90 Å². The van der Waals surface area contributed by atoms with Gasteiger partial charge in [0.25, 0.3) is 0 Å². The van der Waals surface area contributed by atoms with E-state index in [1.807, 2.05) is 30.3 Å². The lowest BCUT2D eigenvalue weighted by Crippen LogP contribution is -2.45. The molecule has 2 aromatic rings. The number of aliphatic hydroxyl groups is 1. The van der Waals surface area contributed by atoms with E-state index < -0.39 is 0 Å². The maximum Gasteiger partial charge on any atom is 0.317 e. The number of urea groups is 1. The summed E-state index contributed by atoms with van der Waals surface area (Å²) < 4.78 is 5.67. The highest BCUT2D eigenvalue weighted by Crippen LogP contribution is 2.19. The van der Waals surface area contributed by atoms with E-state index in [0.29, 0.717) is 13.1 Å². The number of rotatable bonds is 3. The van der Waals surface area contributed by atoms with E-state index in [9.17, 15) is 9.90 Å². The summed E-state index contributed by atoms with van der Waals surface area (Å²) in [6.45, 7) is 1.91. The van der Waals surface area contributed by atoms with E-state index in [2.05, 4.69) is 5.32 Å². The van der Waals surface area contributed by atoms with E-state index in [1.165, 1.54) is 0 Å². The molecular formula is C16H20N2O3. The molecule has 112 valence electrons. The second-order valence-corrected chi connectivity index (χ2v) is 5.55. The maximum atomic E-state index is 12.1. The molecule has 2 heterocycles. The van der Waals surface area contributed by atoms with Crippen molar-refractivity contribution < 1.29 is 14.3 Å². The van der Waals surface area contributed by atoms with E-state index in [0.717, 1.165) is 36.1 Å². The number of carbonyl (C=O) groups excluding carboxylic acids is 1. The fourth-order valence-electron chi connectivity index (χ4n) is 2.80. The molecule has 1 unspecified atom stereocenters. The van der Waals surface area contributed by atoms with Gasteiger partial charge in [-0.05, 0) is 30.9 Å². The van der Waals surface area contributed by atoms with E-state index in [4.69, 9.17) is 4.42 Å². The number of benzene rings is 1. The molecule has 2 amide bonds. The third-order valence-corrected chi connectivity index (χ3v) is 3.95. The van der Waals surface area contributed by atoms with E-state index in [-0.39, 0.29) is 18.6 Å². The van der Waals surface area contributed by atoms with Crippen LogP contribution in [0.4, 0.5) is 4.79 Å². The smallest absolute Gasteiger partial charge is 0.317 e. The minimum atomic E-state index is -0.0893. The van der Waals surface area contributed by atoms with Crippen LogP contribution in [-0.2, 0) is 6.54 Å². The van der Waals surface area contributed by atoms with Gasteiger partial charge in [0.1, 0.15) is 11.3 Å². The summed E-state index contributed by atoms with van der Waals surface area (Å²) in [6.07, 6.45) is 1.94. The summed E-state index contributed by atoms with van der Waals surface area (Å²) in [5.41, 5.74) is 0.833. The zero-order valence-corrected chi connectivity index (χ0v) is 11.9. The number of para-hydroxylation sites is 1. The summed E-state index contributed by atoms with van der Waals surface area (Å²) in [5.74, 6) is 0.955. The fourth-order valence-corrected chi connectivity index (χ4v) is 2.80. The van der Waals surface area contributed by atoms with Gasteiger partial charge in [-0.25, -0.2) is 4.79 Å². The summed E-state index contributed by atoms with van der Waals surface area (Å²) in [7, 11) is 0. The number of piperidine rings is 1. The van der Waals surface area contributed by atoms with Crippen LogP contribution in [0.25, 0.3) is 11.0 Å². The number of fused-ring (bicyclic) bond motifs is 1. The van der Waals surface area contributed by atoms with Crippen LogP contribution in [0.2, 0.25) is 0 Å². The number of likely N-dealkylation sites (tertiary alicyclic amines) is 1. The Morgan fingerprint density at radius 2 is 2.29 bits per heavy atom. The van der Waals surface area contributed by atoms with Crippen molar-refractivity contribution in [3.63, 3.8) is 0 Å². The van der Waals surface area contributed by atoms with Crippen LogP contribution in [0.1, 0.15) is 18.6 Å². The van der Waals surface area contributed by atoms with Crippen LogP contribution in [0.3, 0.4) is 0 Å². The zero-order chi connectivity index (χ0) is 14.7. The predicted molar refractivity (Wildman–Crippen MR) is 79.8 cm³/mol. The number of furan rings is 1. The number of nitrogens with zero attached hydrogens (tertiary/aromatic N) is 1. The fraction of sp³-hybridized carbons (Fsp3) is 0.438. The Morgan fingerprint density at radius 1 is 1.43 bits per heavy atom. The van der Waals surface area contributed by atoms with Gasteiger partial charge >= 0.3 is 6.03 Å². The van der Waals surface area contributed by atoms with Crippen molar-refractivity contribution in [3.05, 3.63) is 36.1 Å². The lowest BCUT2D eigenvalue weighted by Gasteiger charge is -2.31. The average molecular weight is 288 g/mol. The molecule has 1 aliphatic rings. The quantitative estimate of drug-likeness (QED) is 0.911. The van der Waals surface area contributed by atoms with Crippen molar-refractivity contribution in [2.45, 2.75) is 19.4 Å². The molecule has 0 saturated carbocycles. The van der Waals surface area contributed by atoms with Gasteiger partial charge in [0.2, 0.25) is 0 Å². The number of aliphatic hydroxyl groups excluding tert-OH is 1. The molecule has 5 nitrogen and oxygen atoms in total. The van der Waals surface area contributed by atoms with Crippen LogP contribution in [0.15, 0.2) is 34.7 Å². The number of nitrogens with one attached hydrogen (secondary N) is 1. The van der Waals surface area contributed by atoms with Gasteiger partial charge in [0.05, 0.1) is 6.54 Å². The first-order chi connectivity index (χ1) is 10.3. The van der Waals surface area contributed by atoms with Crippen molar-refractivity contribution in [3.8, 4) is 0 Å². The number of hydrogen-bond acceptors (Lipinski definition) is 3. The van der Waals surface area contributed by atoms with Crippen LogP contribution >= 0.6 is 0 Å². The first kappa shape index (κ1) is 13.9. The average Bonchev–Trinajstić information content (AvgIpc) is 2.95. The van der Waals surface area contributed by atoms with Crippen molar-refractivity contribution in [1.82, 2.24) is 10.2 Å². The molecule has 21 heavy (non-hydrogen) atoms. The third-order valence-electron chi connectivity index (χ3n) is 3.95. The van der Waals surface area contributed by atoms with Gasteiger partial charge in [-0.1, -0.05) is 18.2 Å². The Labute approximate surface area is 123 Å². The molecule has 0 radical (unpaired) electrons. The van der Waals surface area contributed by atoms with Gasteiger partial charge in [0, 0.05) is 25.1 Å². The minimum Gasteiger partial charge on any atom is -0.459 e. The standard InChI is InChI=1S/C16H20N2O3/c19-11-12-4-3-7-18(10-12)16(20)17-9-14-8-13-5-1-2-6-15(13)21-14/h1-2,5-6,8,12,19H,3-4,7,9-11H2,(H,17,20). The van der Waals surface area contributed by atoms with Crippen molar-refractivity contribution >= 4 is 17.0 Å². The number of hydrogen-bond donors (Lipinski definition) is 2. The first-order valence-corrected chi connectivity index (χ1v) is 7.37. The molecule has 1 saturated heterocycles. The molecule has 2 N–H and O–H groups in total. The maximum absolute atomic E-state index is 12.1. The normalized spacial score (nSPS) is 18.9. The van der Waals surface area contributed by atoms with Crippen molar-refractivity contribution in [2.75, 3.05) is 19.7 Å². The number of carbonyl (C=O) groups is 1. The van der Waals surface area contributed by atoms with Crippen molar-refractivity contribution in [1.29, 1.82) is 0 Å². The van der Waals surface area contributed by atoms with Gasteiger partial charge < -0.3 is 19.7 Å². The summed E-state index contributed by atoms with van der Waals surface area (Å²) in [6, 6.07) is 9.65. The van der Waals surface area contributed by atoms with Gasteiger partial charge in [-0.2, -0.15) is 0 Å². The molecular weight excluding hydrogens is 268 g/mol. The molecule has 3 rings (SSSR count). The monoisotopic (exact) mass is 288 g/mol. The summed E-state index contributed by atoms with van der Waals surface area (Å²) >= 11 is 0. The Kier molecular flexibility index (Phi) is 4.10. The van der Waals surface area contributed by atoms with Gasteiger partial charge in [-0.15, -0.1) is 0 Å². The predicted octanol–water partition coefficient (Wildman–Crippen LogP) is 2.35. The largest absolute Gasteiger partial charge is 0.459 e. The third kappa shape index (κ3) is 3.19. The highest BCUT2D eigenvalue weighted by atomic mass is 16.3. The second kappa shape index (κ2) is 6.18. The summed E-state index contributed by atoms with van der Waals surface area (Å²) in [4.78, 5) is 13.9. The minimum absolute atomic E-state index is 0.0893. The van der Waals surface area contributed by atoms with Crippen LogP contribution in [0, 0.1) is 5.92 Å². The zero-order valence-electron chi connectivity index (χ0n) is 11.9. The van der Waals surface area contributed by atoms with Crippen LogP contribution < -0.4 is 5.32 Å². The molecule has 0 spiro atoms. The number of amides is 2. The van der Waals surface area contributed by atoms with E-state index >= 15 is 0 Å². The molecule has 5 heteroatoms. The lowest BCUT2D eigenvalue weighted by atomic mass is 9.99. The Balaban J connectivity index is 1.57. The van der Waals surface area contributed by atoms with Crippen LogP contribution in [0.5, 0.6) is 0 Å². The first-order valence-electron chi connectivity index (χ1n) is 7.37. The molecule has 1 fully saturated rings. The Bertz CT molecular complexity index is 590. The Hall–Kier alpha value is -2.01. The molecule has 1 aromatic heterocycles. The van der Waals surface area contributed by atoms with Crippen LogP contribution in [-0.4, -0.2) is 35.7 Å². The molecule has 0 bridgehead atoms. The highest BCUT2D eigenvalue weighted by Gasteiger charge is 2.22. The molecule has 0 aliphatic carbocycles. The SMILES string of the molecule is O=C(NCc1cc2ccccc2o1)N1CCCC(CO)C1. The van der Waals surface area contributed by atoms with Crippen molar-refractivity contribution in [2.24, 2.45) is 5.92 Å². The summed E-state index contributed by atoms with van der Waals surface area (Å²) in [5, 5.41) is 13.1. The highest BCUT2D eigenvalue weighted by molar-refractivity contribution is 5.78. The second-order valence-electron chi connectivity index (χ2n) is 5.55. The Morgan fingerprint density at radius 3 is 3.10 bits per heavy atom. The lowest BCUT2D eigenvalue weighted by molar-refractivity contribution is 0.129. The van der Waals surface area contributed by atoms with Gasteiger partial charge in [-0.3, -0.25) is 0 Å².